The number of carbonyl (C=O) groups is 2. The third kappa shape index (κ3) is 6.50. The second-order valence-electron chi connectivity index (χ2n) is 9.79. The van der Waals surface area contributed by atoms with Crippen molar-refractivity contribution in [1.29, 1.82) is 0 Å². The molecule has 8 nitrogen and oxygen atoms in total. The largest absolute Gasteiger partial charge is 0.497 e. The second-order valence-corrected chi connectivity index (χ2v) is 9.79. The second kappa shape index (κ2) is 12.9. The third-order valence-electron chi connectivity index (χ3n) is 7.03. The SMILES string of the molecule is COc1ccc(/C=C2/C(Cc3ccc(OCc4ccccc4)cc3)N(C)/C(=N/C(=O)c3ccccc3)N2C(=O)O)cc1. The first kappa shape index (κ1) is 28.2. The van der Waals surface area contributed by atoms with E-state index in [0.717, 1.165) is 27.3 Å². The van der Waals surface area contributed by atoms with Crippen LogP contribution in [0.2, 0.25) is 0 Å². The molecular formula is C34H31N3O5. The zero-order chi connectivity index (χ0) is 29.5. The van der Waals surface area contributed by atoms with Crippen LogP contribution < -0.4 is 9.47 Å². The van der Waals surface area contributed by atoms with Crippen LogP contribution in [0.5, 0.6) is 11.5 Å². The smallest absolute Gasteiger partial charge is 0.418 e. The number of ether oxygens (including phenoxy) is 2. The van der Waals surface area contributed by atoms with E-state index in [2.05, 4.69) is 4.99 Å². The summed E-state index contributed by atoms with van der Waals surface area (Å²) in [6.45, 7) is 0.461. The number of methoxy groups -OCH3 is 1. The molecule has 42 heavy (non-hydrogen) atoms. The van der Waals surface area contributed by atoms with Crippen molar-refractivity contribution in [3.63, 3.8) is 0 Å². The Morgan fingerprint density at radius 1 is 0.833 bits per heavy atom. The van der Waals surface area contributed by atoms with Gasteiger partial charge in [0, 0.05) is 12.6 Å². The Balaban J connectivity index is 1.46. The van der Waals surface area contributed by atoms with Gasteiger partial charge in [-0.25, -0.2) is 9.69 Å². The van der Waals surface area contributed by atoms with Crippen LogP contribution in [0.1, 0.15) is 27.0 Å². The zero-order valence-corrected chi connectivity index (χ0v) is 23.4. The molecule has 5 rings (SSSR count). The molecule has 1 saturated heterocycles. The first-order chi connectivity index (χ1) is 20.4. The fourth-order valence-corrected chi connectivity index (χ4v) is 4.78. The van der Waals surface area contributed by atoms with Gasteiger partial charge in [0.15, 0.2) is 0 Å². The molecule has 1 atom stereocenters. The van der Waals surface area contributed by atoms with Gasteiger partial charge in [0.05, 0.1) is 18.8 Å². The van der Waals surface area contributed by atoms with E-state index in [1.807, 2.05) is 84.9 Å². The van der Waals surface area contributed by atoms with E-state index in [1.54, 1.807) is 49.4 Å². The quantitative estimate of drug-likeness (QED) is 0.270. The normalized spacial score (nSPS) is 16.6. The number of rotatable bonds is 8. The summed E-state index contributed by atoms with van der Waals surface area (Å²) in [5.41, 5.74) is 3.70. The van der Waals surface area contributed by atoms with E-state index in [9.17, 15) is 14.7 Å². The van der Waals surface area contributed by atoms with Crippen molar-refractivity contribution in [3.8, 4) is 11.5 Å². The first-order valence-corrected chi connectivity index (χ1v) is 13.5. The van der Waals surface area contributed by atoms with Gasteiger partial charge in [-0.15, -0.1) is 0 Å². The molecule has 4 aromatic rings. The van der Waals surface area contributed by atoms with Crippen molar-refractivity contribution in [3.05, 3.63) is 137 Å². The summed E-state index contributed by atoms with van der Waals surface area (Å²) >= 11 is 0. The molecule has 1 unspecified atom stereocenters. The zero-order valence-electron chi connectivity index (χ0n) is 23.4. The first-order valence-electron chi connectivity index (χ1n) is 13.5. The van der Waals surface area contributed by atoms with E-state index in [4.69, 9.17) is 9.47 Å². The van der Waals surface area contributed by atoms with Crippen LogP contribution in [0.25, 0.3) is 6.08 Å². The van der Waals surface area contributed by atoms with Crippen LogP contribution in [-0.4, -0.2) is 53.1 Å². The topological polar surface area (TPSA) is 91.7 Å². The number of aliphatic imine (C=N–C) groups is 1. The van der Waals surface area contributed by atoms with Crippen molar-refractivity contribution in [2.24, 2.45) is 4.99 Å². The van der Waals surface area contributed by atoms with Crippen LogP contribution in [0.15, 0.2) is 120 Å². The number of guanidine groups is 1. The Labute approximate surface area is 244 Å². The molecule has 1 fully saturated rings. The lowest BCUT2D eigenvalue weighted by atomic mass is 10.0. The Kier molecular flexibility index (Phi) is 8.63. The molecule has 4 aromatic carbocycles. The molecule has 1 aliphatic rings. The lowest BCUT2D eigenvalue weighted by molar-refractivity contribution is 0.100. The maximum Gasteiger partial charge on any atom is 0.418 e. The van der Waals surface area contributed by atoms with E-state index < -0.39 is 18.0 Å². The summed E-state index contributed by atoms with van der Waals surface area (Å²) in [5, 5.41) is 10.3. The number of nitrogens with zero attached hydrogens (tertiary/aromatic N) is 3. The number of amides is 2. The summed E-state index contributed by atoms with van der Waals surface area (Å²) in [4.78, 5) is 32.8. The van der Waals surface area contributed by atoms with Gasteiger partial charge in [-0.1, -0.05) is 72.8 Å². The van der Waals surface area contributed by atoms with Crippen LogP contribution in [-0.2, 0) is 13.0 Å². The van der Waals surface area contributed by atoms with Gasteiger partial charge in [0.25, 0.3) is 5.91 Å². The number of hydrogen-bond donors (Lipinski definition) is 1. The monoisotopic (exact) mass is 561 g/mol. The molecule has 0 saturated carbocycles. The Bertz CT molecular complexity index is 1580. The molecular weight excluding hydrogens is 530 g/mol. The summed E-state index contributed by atoms with van der Waals surface area (Å²) in [6.07, 6.45) is 1.05. The number of benzene rings is 4. The summed E-state index contributed by atoms with van der Waals surface area (Å²) in [5.74, 6) is 0.953. The molecule has 8 heteroatoms. The van der Waals surface area contributed by atoms with Gasteiger partial charge < -0.3 is 19.5 Å². The number of carboxylic acid groups (broad SMARTS) is 1. The molecule has 0 aromatic heterocycles. The van der Waals surface area contributed by atoms with Gasteiger partial charge in [-0.3, -0.25) is 4.79 Å². The van der Waals surface area contributed by atoms with Crippen LogP contribution in [0.3, 0.4) is 0 Å². The Morgan fingerprint density at radius 2 is 1.45 bits per heavy atom. The number of hydrogen-bond acceptors (Lipinski definition) is 4. The van der Waals surface area contributed by atoms with Crippen LogP contribution >= 0.6 is 0 Å². The maximum atomic E-state index is 13.0. The Hall–Kier alpha value is -5.37. The van der Waals surface area contributed by atoms with Gasteiger partial charge in [0.2, 0.25) is 5.96 Å². The predicted molar refractivity (Wildman–Crippen MR) is 162 cm³/mol. The number of carbonyl (C=O) groups excluding carboxylic acids is 1. The number of likely N-dealkylation sites (N-methyl/N-ethyl adjacent to an activating group) is 1. The molecule has 0 spiro atoms. The third-order valence-corrected chi connectivity index (χ3v) is 7.03. The minimum absolute atomic E-state index is 0.0453. The standard InChI is InChI=1S/C34H31N3O5/c1-36-30(21-24-15-19-29(20-16-24)42-23-26-9-5-3-6-10-26)31(22-25-13-17-28(41-2)18-14-25)37(34(39)40)33(36)35-32(38)27-11-7-4-8-12-27/h3-20,22,30H,21,23H2,1-2H3,(H,39,40)/b31-22-,35-33-. The molecule has 2 amide bonds. The van der Waals surface area contributed by atoms with Crippen molar-refractivity contribution in [2.75, 3.05) is 14.2 Å². The molecule has 1 heterocycles. The fourth-order valence-electron chi connectivity index (χ4n) is 4.78. The van der Waals surface area contributed by atoms with Crippen LogP contribution in [0, 0.1) is 0 Å². The highest BCUT2D eigenvalue weighted by Gasteiger charge is 2.42. The lowest BCUT2D eigenvalue weighted by Gasteiger charge is -2.20. The maximum absolute atomic E-state index is 13.0. The lowest BCUT2D eigenvalue weighted by Crippen LogP contribution is -2.36. The molecule has 1 aliphatic heterocycles. The van der Waals surface area contributed by atoms with Crippen molar-refractivity contribution < 1.29 is 24.2 Å². The predicted octanol–water partition coefficient (Wildman–Crippen LogP) is 6.35. The molecule has 1 N–H and O–H groups in total. The molecule has 0 bridgehead atoms. The fraction of sp³-hybridized carbons (Fsp3) is 0.147. The van der Waals surface area contributed by atoms with Crippen molar-refractivity contribution >= 4 is 24.0 Å². The Morgan fingerprint density at radius 3 is 2.07 bits per heavy atom. The molecule has 212 valence electrons. The summed E-state index contributed by atoms with van der Waals surface area (Å²) < 4.78 is 11.2. The van der Waals surface area contributed by atoms with E-state index in [1.165, 1.54) is 0 Å². The minimum atomic E-state index is -1.23. The van der Waals surface area contributed by atoms with Gasteiger partial charge in [0.1, 0.15) is 18.1 Å². The van der Waals surface area contributed by atoms with Crippen molar-refractivity contribution in [2.45, 2.75) is 19.1 Å². The van der Waals surface area contributed by atoms with Gasteiger partial charge in [-0.2, -0.15) is 4.99 Å². The van der Waals surface area contributed by atoms with E-state index in [-0.39, 0.29) is 5.96 Å². The minimum Gasteiger partial charge on any atom is -0.497 e. The highest BCUT2D eigenvalue weighted by Crippen LogP contribution is 2.31. The molecule has 0 radical (unpaired) electrons. The molecule has 0 aliphatic carbocycles. The van der Waals surface area contributed by atoms with Crippen LogP contribution in [0.4, 0.5) is 4.79 Å². The highest BCUT2D eigenvalue weighted by atomic mass is 16.5. The summed E-state index contributed by atoms with van der Waals surface area (Å²) in [7, 11) is 3.34. The van der Waals surface area contributed by atoms with Gasteiger partial charge >= 0.3 is 6.09 Å². The average Bonchev–Trinajstić information content (AvgIpc) is 3.27. The van der Waals surface area contributed by atoms with E-state index in [0.29, 0.717) is 30.0 Å². The van der Waals surface area contributed by atoms with Crippen molar-refractivity contribution in [1.82, 2.24) is 9.80 Å². The van der Waals surface area contributed by atoms with E-state index >= 15 is 0 Å². The summed E-state index contributed by atoms with van der Waals surface area (Å²) in [6, 6.07) is 33.2. The average molecular weight is 562 g/mol. The highest BCUT2D eigenvalue weighted by molar-refractivity contribution is 6.08. The van der Waals surface area contributed by atoms with Gasteiger partial charge in [-0.05, 0) is 65.6 Å².